The van der Waals surface area contributed by atoms with Gasteiger partial charge in [0.25, 0.3) is 0 Å². The summed E-state index contributed by atoms with van der Waals surface area (Å²) in [6.45, 7) is 1.96. The molecule has 0 heterocycles. The first kappa shape index (κ1) is 16.7. The van der Waals surface area contributed by atoms with Crippen LogP contribution in [0, 0.1) is 11.3 Å². The maximum Gasteiger partial charge on any atom is 0.0871 e. The predicted octanol–water partition coefficient (Wildman–Crippen LogP) is 5.08. The molecule has 0 N–H and O–H groups in total. The molecule has 1 aromatic rings. The molecule has 0 unspecified atom stereocenters. The summed E-state index contributed by atoms with van der Waals surface area (Å²) in [6.07, 6.45) is 16.1. The highest BCUT2D eigenvalue weighted by atomic mass is 79.9. The van der Waals surface area contributed by atoms with E-state index in [1.165, 1.54) is 22.3 Å². The van der Waals surface area contributed by atoms with Gasteiger partial charge in [-0.3, -0.25) is 4.90 Å². The van der Waals surface area contributed by atoms with E-state index in [-0.39, 0.29) is 0 Å². The maximum absolute atomic E-state index is 9.16. The van der Waals surface area contributed by atoms with Gasteiger partial charge in [0.15, 0.2) is 0 Å². The van der Waals surface area contributed by atoms with Crippen LogP contribution < -0.4 is 0 Å². The van der Waals surface area contributed by atoms with E-state index in [4.69, 9.17) is 5.26 Å². The number of fused-ring (bicyclic) bond motifs is 2. The van der Waals surface area contributed by atoms with Crippen LogP contribution in [0.3, 0.4) is 0 Å². The van der Waals surface area contributed by atoms with Gasteiger partial charge in [-0.25, -0.2) is 0 Å². The van der Waals surface area contributed by atoms with Gasteiger partial charge in [0.2, 0.25) is 0 Å². The van der Waals surface area contributed by atoms with Crippen LogP contribution in [0.15, 0.2) is 88.0 Å². The number of nitriles is 1. The van der Waals surface area contributed by atoms with E-state index in [2.05, 4.69) is 81.6 Å². The third-order valence-electron chi connectivity index (χ3n) is 4.04. The second kappa shape index (κ2) is 8.10. The van der Waals surface area contributed by atoms with Gasteiger partial charge < -0.3 is 0 Å². The summed E-state index contributed by atoms with van der Waals surface area (Å²) in [4.78, 5) is 2.17. The van der Waals surface area contributed by atoms with Crippen molar-refractivity contribution in [2.24, 2.45) is 0 Å². The Labute approximate surface area is 151 Å². The molecule has 0 atom stereocenters. The Hall–Kier alpha value is -2.15. The number of nitrogens with zero attached hydrogens (tertiary/aromatic N) is 2. The van der Waals surface area contributed by atoms with Crippen LogP contribution in [-0.2, 0) is 6.54 Å². The zero-order chi connectivity index (χ0) is 16.8. The molecule has 2 nitrogen and oxygen atoms in total. The van der Waals surface area contributed by atoms with Crippen LogP contribution in [0.5, 0.6) is 0 Å². The van der Waals surface area contributed by atoms with Gasteiger partial charge in [-0.2, -0.15) is 5.26 Å². The van der Waals surface area contributed by atoms with E-state index >= 15 is 0 Å². The Kier molecular flexibility index (Phi) is 5.63. The molecule has 0 aliphatic heterocycles. The van der Waals surface area contributed by atoms with Gasteiger partial charge in [0.05, 0.1) is 12.6 Å². The monoisotopic (exact) mass is 378 g/mol. The highest BCUT2D eigenvalue weighted by Gasteiger charge is 2.11. The number of allylic oxidation sites excluding steroid dienone is 8. The SMILES string of the molecule is N#CCN(CC1=CC2=CC=CC=C(C=C1)C2)Cc1ccc(Br)cc1. The van der Waals surface area contributed by atoms with Crippen LogP contribution in [0.2, 0.25) is 0 Å². The third-order valence-corrected chi connectivity index (χ3v) is 4.57. The average molecular weight is 379 g/mol. The Morgan fingerprint density at radius 3 is 2.50 bits per heavy atom. The van der Waals surface area contributed by atoms with E-state index in [0.717, 1.165) is 24.0 Å². The molecule has 0 radical (unpaired) electrons. The van der Waals surface area contributed by atoms with Crippen molar-refractivity contribution < 1.29 is 0 Å². The van der Waals surface area contributed by atoms with Crippen LogP contribution >= 0.6 is 15.9 Å². The number of hydrogen-bond acceptors (Lipinski definition) is 2. The first-order chi connectivity index (χ1) is 11.7. The minimum absolute atomic E-state index is 0.420. The van der Waals surface area contributed by atoms with E-state index in [9.17, 15) is 0 Å². The van der Waals surface area contributed by atoms with Crippen molar-refractivity contribution in [2.45, 2.75) is 13.0 Å². The molecule has 0 amide bonds. The quantitative estimate of drug-likeness (QED) is 0.667. The number of hydrogen-bond donors (Lipinski definition) is 0. The Balaban J connectivity index is 1.75. The van der Waals surface area contributed by atoms with Crippen molar-refractivity contribution >= 4 is 15.9 Å². The molecule has 0 saturated heterocycles. The molecule has 0 aromatic heterocycles. The van der Waals surface area contributed by atoms with Crippen molar-refractivity contribution in [3.8, 4) is 6.07 Å². The van der Waals surface area contributed by atoms with Gasteiger partial charge in [-0.15, -0.1) is 0 Å². The van der Waals surface area contributed by atoms with Crippen LogP contribution in [0.4, 0.5) is 0 Å². The largest absolute Gasteiger partial charge is 0.282 e. The van der Waals surface area contributed by atoms with Crippen molar-refractivity contribution in [1.29, 1.82) is 5.26 Å². The fourth-order valence-corrected chi connectivity index (χ4v) is 3.16. The molecule has 0 fully saturated rings. The minimum atomic E-state index is 0.420. The summed E-state index contributed by atoms with van der Waals surface area (Å²) in [6, 6.07) is 10.6. The number of benzene rings is 1. The van der Waals surface area contributed by atoms with Crippen LogP contribution in [0.25, 0.3) is 0 Å². The highest BCUT2D eigenvalue weighted by molar-refractivity contribution is 9.10. The average Bonchev–Trinajstić information content (AvgIpc) is 2.91. The van der Waals surface area contributed by atoms with E-state index in [0.29, 0.717) is 6.54 Å². The summed E-state index contributed by atoms with van der Waals surface area (Å²) in [5, 5.41) is 9.16. The predicted molar refractivity (Wildman–Crippen MR) is 102 cm³/mol. The maximum atomic E-state index is 9.16. The van der Waals surface area contributed by atoms with Crippen molar-refractivity contribution in [3.05, 3.63) is 93.6 Å². The molecule has 0 spiro atoms. The Bertz CT molecular complexity index is 786. The number of halogens is 1. The molecule has 2 bridgehead atoms. The van der Waals surface area contributed by atoms with Gasteiger partial charge >= 0.3 is 0 Å². The summed E-state index contributed by atoms with van der Waals surface area (Å²) < 4.78 is 1.07. The molecule has 0 saturated carbocycles. The molecule has 1 aromatic carbocycles. The lowest BCUT2D eigenvalue weighted by molar-refractivity contribution is 0.326. The summed E-state index contributed by atoms with van der Waals surface area (Å²) in [5.41, 5.74) is 5.09. The van der Waals surface area contributed by atoms with E-state index < -0.39 is 0 Å². The highest BCUT2D eigenvalue weighted by Crippen LogP contribution is 2.23. The smallest absolute Gasteiger partial charge is 0.0871 e. The lowest BCUT2D eigenvalue weighted by atomic mass is 10.1. The molecule has 2 aliphatic rings. The van der Waals surface area contributed by atoms with Gasteiger partial charge in [-0.1, -0.05) is 70.6 Å². The fourth-order valence-electron chi connectivity index (χ4n) is 2.90. The second-order valence-corrected chi connectivity index (χ2v) is 6.94. The first-order valence-corrected chi connectivity index (χ1v) is 8.81. The minimum Gasteiger partial charge on any atom is -0.282 e. The van der Waals surface area contributed by atoms with E-state index in [1.54, 1.807) is 0 Å². The molecule has 3 heteroatoms. The fraction of sp³-hybridized carbons (Fsp3) is 0.190. The number of rotatable bonds is 5. The summed E-state index contributed by atoms with van der Waals surface area (Å²) in [5.74, 6) is 0. The normalized spacial score (nSPS) is 16.0. The molecule has 2 aliphatic carbocycles. The lowest BCUT2D eigenvalue weighted by Crippen LogP contribution is -2.25. The first-order valence-electron chi connectivity index (χ1n) is 8.02. The standard InChI is InChI=1S/C21H19BrN2/c22-21-9-7-18(8-10-21)15-24(12-11-23)16-20-6-5-17-3-1-2-4-19(13-17)14-20/h1-10,14H,12-13,15-16H2. The van der Waals surface area contributed by atoms with Gasteiger partial charge in [0.1, 0.15) is 0 Å². The van der Waals surface area contributed by atoms with Crippen molar-refractivity contribution in [2.75, 3.05) is 13.1 Å². The Morgan fingerprint density at radius 1 is 1.00 bits per heavy atom. The van der Waals surface area contributed by atoms with Gasteiger partial charge in [0, 0.05) is 17.6 Å². The lowest BCUT2D eigenvalue weighted by Gasteiger charge is -2.20. The third kappa shape index (κ3) is 4.67. The van der Waals surface area contributed by atoms with Crippen LogP contribution in [-0.4, -0.2) is 18.0 Å². The van der Waals surface area contributed by atoms with Crippen LogP contribution in [0.1, 0.15) is 12.0 Å². The van der Waals surface area contributed by atoms with Gasteiger partial charge in [-0.05, 0) is 40.8 Å². The zero-order valence-corrected chi connectivity index (χ0v) is 15.0. The van der Waals surface area contributed by atoms with E-state index in [1.807, 2.05) is 12.1 Å². The summed E-state index contributed by atoms with van der Waals surface area (Å²) >= 11 is 3.46. The molecule has 3 rings (SSSR count). The molecule has 24 heavy (non-hydrogen) atoms. The molecular weight excluding hydrogens is 360 g/mol. The topological polar surface area (TPSA) is 27.0 Å². The molecule has 120 valence electrons. The zero-order valence-electron chi connectivity index (χ0n) is 13.5. The summed E-state index contributed by atoms with van der Waals surface area (Å²) in [7, 11) is 0. The Morgan fingerprint density at radius 2 is 1.75 bits per heavy atom. The van der Waals surface area contributed by atoms with Crippen molar-refractivity contribution in [1.82, 2.24) is 4.90 Å². The van der Waals surface area contributed by atoms with Crippen molar-refractivity contribution in [3.63, 3.8) is 0 Å². The second-order valence-electron chi connectivity index (χ2n) is 6.03. The molecular formula is C21H19BrN2.